The summed E-state index contributed by atoms with van der Waals surface area (Å²) in [4.78, 5) is 12.7. The summed E-state index contributed by atoms with van der Waals surface area (Å²) in [5, 5.41) is 4.55. The van der Waals surface area contributed by atoms with Gasteiger partial charge in [-0.2, -0.15) is 5.10 Å². The van der Waals surface area contributed by atoms with Gasteiger partial charge in [0.15, 0.2) is 0 Å². The second kappa shape index (κ2) is 5.85. The van der Waals surface area contributed by atoms with E-state index in [1.54, 1.807) is 11.8 Å². The molecule has 4 nitrogen and oxygen atoms in total. The highest BCUT2D eigenvalue weighted by Gasteiger charge is 2.38. The van der Waals surface area contributed by atoms with Crippen LogP contribution in [0.4, 0.5) is 0 Å². The Hall–Kier alpha value is -0.870. The smallest absolute Gasteiger partial charge is 0.214 e. The van der Waals surface area contributed by atoms with Gasteiger partial charge in [0.25, 0.3) is 0 Å². The Bertz CT molecular complexity index is 414. The van der Waals surface area contributed by atoms with E-state index in [0.29, 0.717) is 23.6 Å². The second-order valence-corrected chi connectivity index (χ2v) is 5.02. The maximum atomic E-state index is 12.7. The number of halogens is 1. The molecule has 0 atom stereocenters. The van der Waals surface area contributed by atoms with E-state index in [0.717, 1.165) is 0 Å². The number of Topliss-reactive ketones (excluding diaryl/α,β-unsaturated/α-hetero) is 1. The number of carbonyl (C=O) groups excluding carboxylic acids is 1. The minimum Gasteiger partial charge on any atom is -0.370 e. The Morgan fingerprint density at radius 2 is 2.06 bits per heavy atom. The van der Waals surface area contributed by atoms with Crippen LogP contribution >= 0.6 is 11.6 Å². The van der Waals surface area contributed by atoms with Gasteiger partial charge in [-0.05, 0) is 26.7 Å². The summed E-state index contributed by atoms with van der Waals surface area (Å²) in [5.74, 6) is -0.0915. The lowest BCUT2D eigenvalue weighted by molar-refractivity contribution is -0.00353. The number of rotatable bonds is 6. The van der Waals surface area contributed by atoms with Crippen molar-refractivity contribution in [1.82, 2.24) is 9.78 Å². The predicted octanol–water partition coefficient (Wildman–Crippen LogP) is 3.51. The highest BCUT2D eigenvalue weighted by atomic mass is 35.5. The van der Waals surface area contributed by atoms with E-state index in [9.17, 15) is 4.79 Å². The summed E-state index contributed by atoms with van der Waals surface area (Å²) < 4.78 is 7.12. The molecule has 0 aliphatic carbocycles. The third-order valence-electron chi connectivity index (χ3n) is 3.40. The number of ketones is 1. The van der Waals surface area contributed by atoms with Crippen LogP contribution in [0.25, 0.3) is 0 Å². The van der Waals surface area contributed by atoms with Crippen LogP contribution in [0.3, 0.4) is 0 Å². The molecular formula is C13H21ClN2O2. The zero-order valence-corrected chi connectivity index (χ0v) is 12.4. The molecule has 0 radical (unpaired) electrons. The van der Waals surface area contributed by atoms with E-state index in [1.165, 1.54) is 6.20 Å². The van der Waals surface area contributed by atoms with E-state index in [4.69, 9.17) is 16.3 Å². The quantitative estimate of drug-likeness (QED) is 0.745. The molecule has 0 saturated heterocycles. The first-order valence-electron chi connectivity index (χ1n) is 6.26. The van der Waals surface area contributed by atoms with Crippen LogP contribution in [-0.4, -0.2) is 28.3 Å². The van der Waals surface area contributed by atoms with Crippen molar-refractivity contribution in [2.45, 2.75) is 52.2 Å². The number of methoxy groups -OCH3 is 1. The van der Waals surface area contributed by atoms with E-state index in [2.05, 4.69) is 5.10 Å². The normalized spacial score (nSPS) is 12.2. The molecule has 18 heavy (non-hydrogen) atoms. The van der Waals surface area contributed by atoms with E-state index in [-0.39, 0.29) is 11.8 Å². The Morgan fingerprint density at radius 1 is 1.50 bits per heavy atom. The molecule has 5 heteroatoms. The predicted molar refractivity (Wildman–Crippen MR) is 72.3 cm³/mol. The number of nitrogens with zero attached hydrogens (tertiary/aromatic N) is 2. The van der Waals surface area contributed by atoms with Crippen LogP contribution in [0.2, 0.25) is 5.02 Å². The van der Waals surface area contributed by atoms with Crippen LogP contribution in [0.15, 0.2) is 6.20 Å². The van der Waals surface area contributed by atoms with Gasteiger partial charge < -0.3 is 4.74 Å². The maximum Gasteiger partial charge on any atom is 0.214 e. The van der Waals surface area contributed by atoms with Crippen LogP contribution in [0.1, 0.15) is 57.1 Å². The average Bonchev–Trinajstić information content (AvgIpc) is 2.74. The van der Waals surface area contributed by atoms with Crippen molar-refractivity contribution in [3.05, 3.63) is 16.9 Å². The van der Waals surface area contributed by atoms with Crippen molar-refractivity contribution in [3.63, 3.8) is 0 Å². The van der Waals surface area contributed by atoms with Gasteiger partial charge in [0.2, 0.25) is 5.78 Å². The van der Waals surface area contributed by atoms with Crippen molar-refractivity contribution < 1.29 is 9.53 Å². The zero-order valence-electron chi connectivity index (χ0n) is 11.7. The van der Waals surface area contributed by atoms with Crippen LogP contribution in [0, 0.1) is 0 Å². The van der Waals surface area contributed by atoms with E-state index < -0.39 is 5.60 Å². The monoisotopic (exact) mass is 272 g/mol. The molecule has 0 spiro atoms. The van der Waals surface area contributed by atoms with Gasteiger partial charge >= 0.3 is 0 Å². The fourth-order valence-corrected chi connectivity index (χ4v) is 2.33. The molecule has 1 aromatic heterocycles. The number of ether oxygens (including phenoxy) is 1. The van der Waals surface area contributed by atoms with Crippen LogP contribution in [-0.2, 0) is 4.74 Å². The van der Waals surface area contributed by atoms with Gasteiger partial charge in [-0.15, -0.1) is 0 Å². The Labute approximate surface area is 113 Å². The molecule has 0 bridgehead atoms. The van der Waals surface area contributed by atoms with Gasteiger partial charge in [0, 0.05) is 13.2 Å². The van der Waals surface area contributed by atoms with Crippen molar-refractivity contribution >= 4 is 17.4 Å². The van der Waals surface area contributed by atoms with Gasteiger partial charge in [0.05, 0.1) is 11.2 Å². The van der Waals surface area contributed by atoms with Crippen LogP contribution < -0.4 is 0 Å². The van der Waals surface area contributed by atoms with Gasteiger partial charge in [-0.1, -0.05) is 25.4 Å². The number of carbonyl (C=O) groups is 1. The summed E-state index contributed by atoms with van der Waals surface area (Å²) >= 11 is 6.10. The summed E-state index contributed by atoms with van der Waals surface area (Å²) in [6.45, 7) is 7.81. The highest BCUT2D eigenvalue weighted by molar-refractivity contribution is 6.34. The molecule has 1 rings (SSSR count). The van der Waals surface area contributed by atoms with Crippen LogP contribution in [0.5, 0.6) is 0 Å². The lowest BCUT2D eigenvalue weighted by atomic mass is 9.90. The summed E-state index contributed by atoms with van der Waals surface area (Å²) in [6, 6.07) is 0.0831. The summed E-state index contributed by atoms with van der Waals surface area (Å²) in [6.07, 6.45) is 2.73. The van der Waals surface area contributed by atoms with Gasteiger partial charge in [-0.25, -0.2) is 0 Å². The largest absolute Gasteiger partial charge is 0.370 e. The van der Waals surface area contributed by atoms with E-state index in [1.807, 2.05) is 27.7 Å². The minimum atomic E-state index is -0.809. The van der Waals surface area contributed by atoms with Gasteiger partial charge in [0.1, 0.15) is 11.3 Å². The molecule has 102 valence electrons. The molecule has 0 aliphatic rings. The second-order valence-electron chi connectivity index (χ2n) is 4.61. The third-order valence-corrected chi connectivity index (χ3v) is 3.68. The molecule has 0 saturated carbocycles. The summed E-state index contributed by atoms with van der Waals surface area (Å²) in [5.41, 5.74) is -0.367. The molecule has 1 aromatic rings. The lowest BCUT2D eigenvalue weighted by Gasteiger charge is -2.29. The third kappa shape index (κ3) is 2.45. The molecular weight excluding hydrogens is 252 g/mol. The Morgan fingerprint density at radius 3 is 2.44 bits per heavy atom. The van der Waals surface area contributed by atoms with Crippen molar-refractivity contribution in [1.29, 1.82) is 0 Å². The van der Waals surface area contributed by atoms with Crippen molar-refractivity contribution in [2.75, 3.05) is 7.11 Å². The number of hydrogen-bond donors (Lipinski definition) is 0. The SMILES string of the molecule is CCC(CC)(OC)C(=O)c1c(Cl)cnn1C(C)C. The standard InChI is InChI=1S/C13H21ClN2O2/c1-6-13(7-2,18-5)12(17)11-10(14)8-15-16(11)9(3)4/h8-9H,6-7H2,1-5H3. The first-order chi connectivity index (χ1) is 8.43. The molecule has 0 N–H and O–H groups in total. The molecule has 1 heterocycles. The maximum absolute atomic E-state index is 12.7. The fourth-order valence-electron chi connectivity index (χ4n) is 2.11. The molecule has 0 aliphatic heterocycles. The first kappa shape index (κ1) is 15.2. The minimum absolute atomic E-state index is 0.0831. The average molecular weight is 273 g/mol. The lowest BCUT2D eigenvalue weighted by Crippen LogP contribution is -2.41. The fraction of sp³-hybridized carbons (Fsp3) is 0.692. The summed E-state index contributed by atoms with van der Waals surface area (Å²) in [7, 11) is 1.56. The van der Waals surface area contributed by atoms with Gasteiger partial charge in [-0.3, -0.25) is 9.48 Å². The molecule has 0 amide bonds. The molecule has 0 aromatic carbocycles. The zero-order chi connectivity index (χ0) is 13.9. The Kier molecular flexibility index (Phi) is 4.93. The molecule has 0 unspecified atom stereocenters. The molecule has 0 fully saturated rings. The van der Waals surface area contributed by atoms with Crippen molar-refractivity contribution in [2.24, 2.45) is 0 Å². The number of aromatic nitrogens is 2. The Balaban J connectivity index is 3.29. The highest BCUT2D eigenvalue weighted by Crippen LogP contribution is 2.29. The first-order valence-corrected chi connectivity index (χ1v) is 6.64. The van der Waals surface area contributed by atoms with Crippen molar-refractivity contribution in [3.8, 4) is 0 Å². The number of hydrogen-bond acceptors (Lipinski definition) is 3. The topological polar surface area (TPSA) is 44.1 Å². The van der Waals surface area contributed by atoms with E-state index >= 15 is 0 Å².